The largest absolute Gasteiger partial charge is 0.461 e. The van der Waals surface area contributed by atoms with Crippen molar-refractivity contribution < 1.29 is 33.5 Å². The molecular formula is C31H44N5O7PS. The number of esters is 1. The average molecular weight is 662 g/mol. The smallest absolute Gasteiger partial charge is 0.323 e. The molecule has 2 aromatic heterocycles. The van der Waals surface area contributed by atoms with Gasteiger partial charge in [0.15, 0.2) is 11.9 Å². The molecule has 45 heavy (non-hydrogen) atoms. The van der Waals surface area contributed by atoms with Gasteiger partial charge in [0.25, 0.3) is 0 Å². The van der Waals surface area contributed by atoms with Crippen LogP contribution in [0.15, 0.2) is 42.9 Å². The summed E-state index contributed by atoms with van der Waals surface area (Å²) in [5.41, 5.74) is 8.65. The fraction of sp³-hybridized carbons (Fsp3) is 0.581. The van der Waals surface area contributed by atoms with Crippen LogP contribution in [0.4, 0.5) is 5.69 Å². The molecule has 0 amide bonds. The van der Waals surface area contributed by atoms with Gasteiger partial charge >= 0.3 is 14.5 Å². The molecule has 2 fully saturated rings. The minimum Gasteiger partial charge on any atom is -0.461 e. The lowest BCUT2D eigenvalue weighted by Crippen LogP contribution is -2.41. The van der Waals surface area contributed by atoms with Crippen molar-refractivity contribution in [3.63, 3.8) is 0 Å². The Labute approximate surface area is 269 Å². The normalized spacial score (nSPS) is 24.4. The topological polar surface area (TPSA) is 163 Å². The van der Waals surface area contributed by atoms with E-state index >= 15 is 0 Å². The van der Waals surface area contributed by atoms with Crippen LogP contribution in [0.25, 0.3) is 11.2 Å². The molecule has 1 saturated carbocycles. The molecule has 7 atom stereocenters. The van der Waals surface area contributed by atoms with Crippen LogP contribution in [0, 0.1) is 0 Å². The molecule has 14 heteroatoms. The lowest BCUT2D eigenvalue weighted by Gasteiger charge is -2.30. The Kier molecular flexibility index (Phi) is 11.9. The van der Waals surface area contributed by atoms with Crippen molar-refractivity contribution in [3.05, 3.63) is 48.4 Å². The average Bonchev–Trinajstić information content (AvgIpc) is 3.61. The quantitative estimate of drug-likeness (QED) is 0.142. The SMILES string of the molecule is CCc1cnc2c(ncn2C2OC(C(C)OP(NC(CCSC)C(=O)OC3CCCCC3)Oc3ccccc3)C(O)C2O)c1N. The molecule has 7 unspecified atom stereocenters. The summed E-state index contributed by atoms with van der Waals surface area (Å²) in [5.74, 6) is 0.962. The first-order valence-electron chi connectivity index (χ1n) is 15.6. The first-order chi connectivity index (χ1) is 21.8. The molecule has 1 aliphatic heterocycles. The van der Waals surface area contributed by atoms with Crippen molar-refractivity contribution in [1.82, 2.24) is 19.6 Å². The molecule has 5 rings (SSSR count). The molecule has 1 aliphatic carbocycles. The number of imidazole rings is 1. The lowest BCUT2D eigenvalue weighted by molar-refractivity contribution is -0.152. The third kappa shape index (κ3) is 8.08. The van der Waals surface area contributed by atoms with E-state index in [0.717, 1.165) is 43.4 Å². The van der Waals surface area contributed by atoms with Crippen molar-refractivity contribution in [2.45, 2.75) is 102 Å². The van der Waals surface area contributed by atoms with E-state index in [0.29, 0.717) is 35.4 Å². The van der Waals surface area contributed by atoms with Gasteiger partial charge in [-0.25, -0.2) is 15.1 Å². The first-order valence-corrected chi connectivity index (χ1v) is 18.1. The van der Waals surface area contributed by atoms with Crippen LogP contribution < -0.4 is 15.3 Å². The molecule has 0 spiro atoms. The summed E-state index contributed by atoms with van der Waals surface area (Å²) >= 11 is 1.64. The number of nitrogens with zero attached hydrogens (tertiary/aromatic N) is 3. The molecular weight excluding hydrogens is 617 g/mol. The molecule has 3 aromatic rings. The van der Waals surface area contributed by atoms with Crippen LogP contribution in [0.2, 0.25) is 0 Å². The number of hydrogen-bond acceptors (Lipinski definition) is 12. The third-order valence-corrected chi connectivity index (χ3v) is 10.4. The minimum absolute atomic E-state index is 0.0796. The highest BCUT2D eigenvalue weighted by Crippen LogP contribution is 2.42. The van der Waals surface area contributed by atoms with Gasteiger partial charge in [0, 0.05) is 6.20 Å². The van der Waals surface area contributed by atoms with Gasteiger partial charge in [-0.2, -0.15) is 11.8 Å². The number of ether oxygens (including phenoxy) is 2. The number of fused-ring (bicyclic) bond motifs is 1. The maximum atomic E-state index is 13.4. The number of anilines is 1. The van der Waals surface area contributed by atoms with Crippen LogP contribution in [-0.4, -0.2) is 79.3 Å². The highest BCUT2D eigenvalue weighted by molar-refractivity contribution is 7.98. The molecule has 3 heterocycles. The van der Waals surface area contributed by atoms with Crippen molar-refractivity contribution in [2.75, 3.05) is 17.7 Å². The monoisotopic (exact) mass is 661 g/mol. The Morgan fingerprint density at radius 1 is 1.20 bits per heavy atom. The van der Waals surface area contributed by atoms with Crippen LogP contribution in [0.5, 0.6) is 5.75 Å². The summed E-state index contributed by atoms with van der Waals surface area (Å²) in [5, 5.41) is 25.5. The number of pyridine rings is 1. The van der Waals surface area contributed by atoms with Crippen LogP contribution in [0.1, 0.15) is 64.2 Å². The van der Waals surface area contributed by atoms with Gasteiger partial charge in [-0.1, -0.05) is 31.5 Å². The number of carbonyl (C=O) groups is 1. The Morgan fingerprint density at radius 3 is 2.67 bits per heavy atom. The number of rotatable bonds is 14. The second-order valence-corrected chi connectivity index (χ2v) is 13.6. The zero-order valence-corrected chi connectivity index (χ0v) is 27.7. The summed E-state index contributed by atoms with van der Waals surface area (Å²) in [7, 11) is -1.92. The molecule has 1 saturated heterocycles. The minimum atomic E-state index is -1.92. The van der Waals surface area contributed by atoms with E-state index in [1.54, 1.807) is 41.6 Å². The van der Waals surface area contributed by atoms with Crippen LogP contribution >= 0.6 is 20.3 Å². The van der Waals surface area contributed by atoms with Crippen molar-refractivity contribution in [3.8, 4) is 5.75 Å². The number of benzene rings is 1. The Morgan fingerprint density at radius 2 is 1.96 bits per heavy atom. The van der Waals surface area contributed by atoms with E-state index < -0.39 is 45.2 Å². The molecule has 0 radical (unpaired) electrons. The lowest BCUT2D eigenvalue weighted by atomic mass is 9.98. The van der Waals surface area contributed by atoms with Gasteiger partial charge in [-0.3, -0.25) is 9.36 Å². The van der Waals surface area contributed by atoms with Gasteiger partial charge in [-0.15, -0.1) is 0 Å². The molecule has 1 aromatic carbocycles. The fourth-order valence-electron chi connectivity index (χ4n) is 5.70. The number of nitrogens with two attached hydrogens (primary N) is 1. The van der Waals surface area contributed by atoms with E-state index in [4.69, 9.17) is 24.3 Å². The summed E-state index contributed by atoms with van der Waals surface area (Å²) in [6.45, 7) is 3.72. The van der Waals surface area contributed by atoms with E-state index in [2.05, 4.69) is 15.1 Å². The second kappa shape index (κ2) is 15.9. The Hall–Kier alpha value is -2.51. The zero-order chi connectivity index (χ0) is 31.9. The highest BCUT2D eigenvalue weighted by atomic mass is 32.2. The number of para-hydroxylation sites is 1. The number of aryl methyl sites for hydroxylation is 1. The van der Waals surface area contributed by atoms with E-state index in [1.165, 1.54) is 6.33 Å². The Bertz CT molecular complexity index is 1400. The van der Waals surface area contributed by atoms with Crippen LogP contribution in [0.3, 0.4) is 0 Å². The van der Waals surface area contributed by atoms with Gasteiger partial charge in [0.1, 0.15) is 41.7 Å². The van der Waals surface area contributed by atoms with Gasteiger partial charge < -0.3 is 34.5 Å². The number of carbonyl (C=O) groups excluding carboxylic acids is 1. The van der Waals surface area contributed by atoms with Gasteiger partial charge in [0.05, 0.1) is 18.1 Å². The maximum Gasteiger partial charge on any atom is 0.323 e. The number of thioether (sulfide) groups is 1. The fourth-order valence-corrected chi connectivity index (χ4v) is 7.55. The van der Waals surface area contributed by atoms with E-state index in [-0.39, 0.29) is 12.1 Å². The predicted molar refractivity (Wildman–Crippen MR) is 175 cm³/mol. The highest BCUT2D eigenvalue weighted by Gasteiger charge is 2.48. The number of hydrogen-bond donors (Lipinski definition) is 4. The summed E-state index contributed by atoms with van der Waals surface area (Å²) in [6, 6.07) is 8.52. The van der Waals surface area contributed by atoms with E-state index in [1.807, 2.05) is 31.4 Å². The molecule has 12 nitrogen and oxygen atoms in total. The van der Waals surface area contributed by atoms with Crippen molar-refractivity contribution in [2.24, 2.45) is 0 Å². The van der Waals surface area contributed by atoms with Crippen molar-refractivity contribution in [1.29, 1.82) is 0 Å². The number of aliphatic hydroxyl groups excluding tert-OH is 2. The van der Waals surface area contributed by atoms with Gasteiger partial charge in [0.2, 0.25) is 0 Å². The number of nitrogen functional groups attached to an aromatic ring is 1. The van der Waals surface area contributed by atoms with Crippen molar-refractivity contribution >= 4 is 43.1 Å². The molecule has 0 bridgehead atoms. The molecule has 246 valence electrons. The summed E-state index contributed by atoms with van der Waals surface area (Å²) in [4.78, 5) is 22.3. The number of aliphatic hydroxyl groups is 2. The zero-order valence-electron chi connectivity index (χ0n) is 25.9. The van der Waals surface area contributed by atoms with E-state index in [9.17, 15) is 15.0 Å². The molecule has 5 N–H and O–H groups in total. The third-order valence-electron chi connectivity index (χ3n) is 8.29. The first kappa shape index (κ1) is 33.8. The summed E-state index contributed by atoms with van der Waals surface area (Å²) < 4.78 is 26.3. The Balaban J connectivity index is 1.32. The number of nitrogens with one attached hydrogen (secondary N) is 1. The predicted octanol–water partition coefficient (Wildman–Crippen LogP) is 4.49. The second-order valence-electron chi connectivity index (χ2n) is 11.5. The van der Waals surface area contributed by atoms with Gasteiger partial charge in [-0.05, 0) is 75.2 Å². The molecule has 2 aliphatic rings. The maximum absolute atomic E-state index is 13.4. The standard InChI is InChI=1S/C31H44N5O7PS/c1-4-20-17-33-29-25(24(20)32)34-18-36(29)30-27(38)26(37)28(41-30)19(2)42-44(43-22-13-9-6-10-14-22)35-23(15-16-45-3)31(39)40-21-11-7-5-8-12-21/h6,9-10,13-14,17-19,21,23,26-28,30,35,37-38H,4-5,7-8,11-12,15-16H2,1-3H3,(H2,32,33). The van der Waals surface area contributed by atoms with Crippen LogP contribution in [-0.2, 0) is 25.2 Å². The summed E-state index contributed by atoms with van der Waals surface area (Å²) in [6.07, 6.45) is 6.11. The number of aromatic nitrogens is 3.